The first-order valence-corrected chi connectivity index (χ1v) is 13.3. The molecule has 13 heteroatoms. The summed E-state index contributed by atoms with van der Waals surface area (Å²) in [6.07, 6.45) is 1.88. The van der Waals surface area contributed by atoms with Crippen molar-refractivity contribution in [3.05, 3.63) is 77.9 Å². The summed E-state index contributed by atoms with van der Waals surface area (Å²) in [5, 5.41) is 16.4. The fourth-order valence-corrected chi connectivity index (χ4v) is 4.89. The maximum Gasteiger partial charge on any atom is 0.356 e. The molecule has 4 rings (SSSR count). The van der Waals surface area contributed by atoms with Gasteiger partial charge in [0.2, 0.25) is 15.9 Å². The maximum absolute atomic E-state index is 13.2. The van der Waals surface area contributed by atoms with Crippen LogP contribution in [0, 0.1) is 6.92 Å². The molecule has 0 saturated heterocycles. The van der Waals surface area contributed by atoms with Gasteiger partial charge >= 0.3 is 5.97 Å². The average Bonchev–Trinajstić information content (AvgIpc) is 3.57. The summed E-state index contributed by atoms with van der Waals surface area (Å²) in [4.78, 5) is 24.0. The number of aromatic carboxylic acids is 1. The number of hydrogen-bond acceptors (Lipinski definition) is 8. The first kappa shape index (κ1) is 27.4. The number of nitrogens with zero attached hydrogens (tertiary/aromatic N) is 2. The SMILES string of the molecule is CCCNS(=O)(=O)c1cc(NC(=O)c2ccco2)ccc1Oc1c(C)c(C(=O)O)nn1-c1ccc(OC)cc1. The van der Waals surface area contributed by atoms with E-state index in [0.29, 0.717) is 17.9 Å². The van der Waals surface area contributed by atoms with E-state index in [1.54, 1.807) is 30.3 Å². The number of hydrogen-bond donors (Lipinski definition) is 3. The van der Waals surface area contributed by atoms with Crippen LogP contribution in [0.2, 0.25) is 0 Å². The Kier molecular flexibility index (Phi) is 8.02. The number of carboxylic acid groups (broad SMARTS) is 1. The lowest BCUT2D eigenvalue weighted by molar-refractivity contribution is 0.0689. The standard InChI is InChI=1S/C26H26N4O8S/c1-4-13-27-39(34,35)22-15-17(28-24(31)21-6-5-14-37-21)7-12-20(22)38-25-16(2)23(26(32)33)29-30(25)18-8-10-19(36-3)11-9-18/h5-12,14-15,27H,4,13H2,1-3H3,(H,28,31)(H,32,33). The molecule has 0 aliphatic heterocycles. The van der Waals surface area contributed by atoms with Gasteiger partial charge in [-0.1, -0.05) is 6.92 Å². The van der Waals surface area contributed by atoms with Gasteiger partial charge in [0.15, 0.2) is 11.5 Å². The molecule has 0 bridgehead atoms. The molecule has 0 radical (unpaired) electrons. The van der Waals surface area contributed by atoms with Crippen molar-refractivity contribution in [3.8, 4) is 23.1 Å². The molecular formula is C26H26N4O8S. The van der Waals surface area contributed by atoms with E-state index in [2.05, 4.69) is 15.1 Å². The summed E-state index contributed by atoms with van der Waals surface area (Å²) < 4.78 is 46.6. The highest BCUT2D eigenvalue weighted by Crippen LogP contribution is 2.35. The summed E-state index contributed by atoms with van der Waals surface area (Å²) in [5.74, 6) is -1.34. The maximum atomic E-state index is 13.2. The van der Waals surface area contributed by atoms with E-state index in [0.717, 1.165) is 0 Å². The first-order valence-electron chi connectivity index (χ1n) is 11.8. The van der Waals surface area contributed by atoms with Crippen LogP contribution in [0.5, 0.6) is 17.4 Å². The fourth-order valence-electron chi connectivity index (χ4n) is 3.60. The van der Waals surface area contributed by atoms with E-state index >= 15 is 0 Å². The van der Waals surface area contributed by atoms with Gasteiger partial charge < -0.3 is 24.3 Å². The van der Waals surface area contributed by atoms with Crippen molar-refractivity contribution in [2.75, 3.05) is 19.0 Å². The van der Waals surface area contributed by atoms with E-state index in [9.17, 15) is 23.1 Å². The minimum absolute atomic E-state index is 0.00289. The lowest BCUT2D eigenvalue weighted by Gasteiger charge is -2.16. The van der Waals surface area contributed by atoms with Crippen LogP contribution in [0.25, 0.3) is 5.69 Å². The predicted octanol–water partition coefficient (Wildman–Crippen LogP) is 4.21. The van der Waals surface area contributed by atoms with Crippen LogP contribution >= 0.6 is 0 Å². The molecule has 0 saturated carbocycles. The van der Waals surface area contributed by atoms with E-state index in [1.807, 2.05) is 6.92 Å². The number of amides is 1. The minimum atomic E-state index is -4.11. The number of carbonyl (C=O) groups excluding carboxylic acids is 1. The van der Waals surface area contributed by atoms with Crippen molar-refractivity contribution in [3.63, 3.8) is 0 Å². The van der Waals surface area contributed by atoms with Gasteiger partial charge in [-0.25, -0.2) is 17.9 Å². The van der Waals surface area contributed by atoms with E-state index in [4.69, 9.17) is 13.9 Å². The monoisotopic (exact) mass is 554 g/mol. The molecule has 0 unspecified atom stereocenters. The van der Waals surface area contributed by atoms with Crippen molar-refractivity contribution in [2.24, 2.45) is 0 Å². The number of furan rings is 1. The van der Waals surface area contributed by atoms with Crippen molar-refractivity contribution >= 4 is 27.6 Å². The van der Waals surface area contributed by atoms with Crippen LogP contribution < -0.4 is 19.5 Å². The van der Waals surface area contributed by atoms with E-state index in [1.165, 1.54) is 49.2 Å². The third-order valence-corrected chi connectivity index (χ3v) is 7.05. The molecule has 0 aliphatic carbocycles. The lowest BCUT2D eigenvalue weighted by atomic mass is 10.2. The highest BCUT2D eigenvalue weighted by Gasteiger charge is 2.26. The van der Waals surface area contributed by atoms with Crippen molar-refractivity contribution in [1.82, 2.24) is 14.5 Å². The Morgan fingerprint density at radius 2 is 1.87 bits per heavy atom. The lowest BCUT2D eigenvalue weighted by Crippen LogP contribution is -2.25. The van der Waals surface area contributed by atoms with Gasteiger partial charge in [0, 0.05) is 17.8 Å². The summed E-state index contributed by atoms with van der Waals surface area (Å²) in [6, 6.07) is 13.7. The largest absolute Gasteiger partial charge is 0.497 e. The Morgan fingerprint density at radius 1 is 1.13 bits per heavy atom. The van der Waals surface area contributed by atoms with Crippen LogP contribution in [0.3, 0.4) is 0 Å². The zero-order valence-electron chi connectivity index (χ0n) is 21.3. The van der Waals surface area contributed by atoms with Gasteiger partial charge in [0.1, 0.15) is 16.4 Å². The molecule has 39 heavy (non-hydrogen) atoms. The topological polar surface area (TPSA) is 162 Å². The molecule has 2 heterocycles. The number of carboxylic acids is 1. The van der Waals surface area contributed by atoms with Gasteiger partial charge in [-0.15, -0.1) is 0 Å². The molecule has 0 aliphatic rings. The van der Waals surface area contributed by atoms with Gasteiger partial charge in [0.05, 0.1) is 19.1 Å². The van der Waals surface area contributed by atoms with E-state index < -0.39 is 21.9 Å². The Bertz CT molecular complexity index is 1590. The average molecular weight is 555 g/mol. The molecule has 0 spiro atoms. The third kappa shape index (κ3) is 5.94. The van der Waals surface area contributed by atoms with E-state index in [-0.39, 0.29) is 45.8 Å². The fraction of sp³-hybridized carbons (Fsp3) is 0.192. The van der Waals surface area contributed by atoms with Gasteiger partial charge in [-0.3, -0.25) is 4.79 Å². The van der Waals surface area contributed by atoms with Crippen LogP contribution in [0.1, 0.15) is 40.0 Å². The number of ether oxygens (including phenoxy) is 2. The highest BCUT2D eigenvalue weighted by atomic mass is 32.2. The first-order chi connectivity index (χ1) is 18.6. The number of benzene rings is 2. The smallest absolute Gasteiger partial charge is 0.356 e. The van der Waals surface area contributed by atoms with Crippen molar-refractivity contribution < 1.29 is 37.0 Å². The number of carbonyl (C=O) groups is 2. The normalized spacial score (nSPS) is 11.3. The summed E-state index contributed by atoms with van der Waals surface area (Å²) >= 11 is 0. The molecule has 2 aromatic carbocycles. The highest BCUT2D eigenvalue weighted by molar-refractivity contribution is 7.89. The van der Waals surface area contributed by atoms with Crippen LogP contribution in [-0.4, -0.2) is 48.8 Å². The Hall–Kier alpha value is -4.62. The second-order valence-corrected chi connectivity index (χ2v) is 10.0. The molecule has 12 nitrogen and oxygen atoms in total. The third-order valence-electron chi connectivity index (χ3n) is 5.57. The number of anilines is 1. The molecule has 1 amide bonds. The Balaban J connectivity index is 1.80. The predicted molar refractivity (Wildman–Crippen MR) is 140 cm³/mol. The number of aromatic nitrogens is 2. The second kappa shape index (κ2) is 11.4. The van der Waals surface area contributed by atoms with Crippen molar-refractivity contribution in [2.45, 2.75) is 25.2 Å². The molecule has 204 valence electrons. The number of methoxy groups -OCH3 is 1. The summed E-state index contributed by atoms with van der Waals surface area (Å²) in [6.45, 7) is 3.48. The minimum Gasteiger partial charge on any atom is -0.497 e. The van der Waals surface area contributed by atoms with Crippen LogP contribution in [0.15, 0.2) is 70.2 Å². The Morgan fingerprint density at radius 3 is 2.49 bits per heavy atom. The van der Waals surface area contributed by atoms with Crippen LogP contribution in [0.4, 0.5) is 5.69 Å². The van der Waals surface area contributed by atoms with Crippen LogP contribution in [-0.2, 0) is 10.0 Å². The van der Waals surface area contributed by atoms with Gasteiger partial charge in [0.25, 0.3) is 5.91 Å². The zero-order valence-corrected chi connectivity index (χ0v) is 22.1. The summed E-state index contributed by atoms with van der Waals surface area (Å²) in [5.41, 5.74) is 0.541. The Labute approximate surface area is 224 Å². The van der Waals surface area contributed by atoms with Gasteiger partial charge in [-0.2, -0.15) is 9.78 Å². The second-order valence-electron chi connectivity index (χ2n) is 8.29. The molecule has 0 fully saturated rings. The quantitative estimate of drug-likeness (QED) is 0.246. The van der Waals surface area contributed by atoms with Crippen molar-refractivity contribution in [1.29, 1.82) is 0 Å². The molecular weight excluding hydrogens is 528 g/mol. The molecule has 4 aromatic rings. The molecule has 3 N–H and O–H groups in total. The number of rotatable bonds is 11. The molecule has 2 aromatic heterocycles. The molecule has 0 atom stereocenters. The zero-order chi connectivity index (χ0) is 28.2. The number of nitrogens with one attached hydrogen (secondary N) is 2. The summed E-state index contributed by atoms with van der Waals surface area (Å²) in [7, 11) is -2.59. The number of sulfonamides is 1. The van der Waals surface area contributed by atoms with Gasteiger partial charge in [-0.05, 0) is 67.9 Å².